The highest BCUT2D eigenvalue weighted by Crippen LogP contribution is 2.04. The zero-order chi connectivity index (χ0) is 15.0. The Hall–Kier alpha value is -1.62. The van der Waals surface area contributed by atoms with Crippen molar-refractivity contribution in [2.24, 2.45) is 5.92 Å². The number of carbonyl (C=O) groups excluding carboxylic acids is 1. The molecular formula is C15H23FN2O2. The Kier molecular flexibility index (Phi) is 7.01. The van der Waals surface area contributed by atoms with E-state index in [4.69, 9.17) is 0 Å². The van der Waals surface area contributed by atoms with Crippen LogP contribution in [0.2, 0.25) is 0 Å². The minimum atomic E-state index is -0.305. The van der Waals surface area contributed by atoms with E-state index in [0.29, 0.717) is 18.9 Å². The fraction of sp³-hybridized carbons (Fsp3) is 0.533. The molecule has 0 spiro atoms. The first-order valence-corrected chi connectivity index (χ1v) is 6.91. The van der Waals surface area contributed by atoms with E-state index in [1.165, 1.54) is 12.1 Å². The Bertz CT molecular complexity index is 424. The molecule has 20 heavy (non-hydrogen) atoms. The van der Waals surface area contributed by atoms with Crippen LogP contribution >= 0.6 is 0 Å². The molecule has 5 heteroatoms. The molecule has 0 aliphatic carbocycles. The van der Waals surface area contributed by atoms with Crippen LogP contribution in [0.5, 0.6) is 0 Å². The van der Waals surface area contributed by atoms with Crippen molar-refractivity contribution in [3.63, 3.8) is 0 Å². The first-order chi connectivity index (χ1) is 9.51. The standard InChI is InChI=1S/C15H23FN2O2/c1-11(2)8-14(10-19)18-15(20)17-7-6-12-4-3-5-13(16)9-12/h3-5,9,11,14,19H,6-8,10H2,1-2H3,(H2,17,18,20). The monoisotopic (exact) mass is 282 g/mol. The molecular weight excluding hydrogens is 259 g/mol. The maximum Gasteiger partial charge on any atom is 0.315 e. The summed E-state index contributed by atoms with van der Waals surface area (Å²) in [6, 6.07) is 5.77. The molecule has 3 N–H and O–H groups in total. The molecule has 0 aliphatic rings. The zero-order valence-electron chi connectivity index (χ0n) is 12.0. The van der Waals surface area contributed by atoms with E-state index < -0.39 is 0 Å². The second-order valence-electron chi connectivity index (χ2n) is 5.29. The number of rotatable bonds is 7. The lowest BCUT2D eigenvalue weighted by Gasteiger charge is -2.18. The summed E-state index contributed by atoms with van der Waals surface area (Å²) in [6.07, 6.45) is 1.30. The number of urea groups is 1. The lowest BCUT2D eigenvalue weighted by molar-refractivity contribution is 0.207. The van der Waals surface area contributed by atoms with Gasteiger partial charge in [-0.15, -0.1) is 0 Å². The summed E-state index contributed by atoms with van der Waals surface area (Å²) in [7, 11) is 0. The number of benzene rings is 1. The predicted molar refractivity (Wildman–Crippen MR) is 77.0 cm³/mol. The van der Waals surface area contributed by atoms with Gasteiger partial charge in [-0.2, -0.15) is 0 Å². The molecule has 0 saturated heterocycles. The average molecular weight is 282 g/mol. The van der Waals surface area contributed by atoms with Gasteiger partial charge >= 0.3 is 6.03 Å². The summed E-state index contributed by atoms with van der Waals surface area (Å²) in [4.78, 5) is 11.6. The van der Waals surface area contributed by atoms with E-state index in [1.54, 1.807) is 6.07 Å². The van der Waals surface area contributed by atoms with Crippen LogP contribution in [0.25, 0.3) is 0 Å². The van der Waals surface area contributed by atoms with Gasteiger partial charge in [0.05, 0.1) is 12.6 Å². The summed E-state index contributed by atoms with van der Waals surface area (Å²) < 4.78 is 13.0. The van der Waals surface area contributed by atoms with Crippen LogP contribution in [-0.4, -0.2) is 30.3 Å². The van der Waals surface area contributed by atoms with E-state index in [2.05, 4.69) is 10.6 Å². The van der Waals surface area contributed by atoms with Crippen LogP contribution < -0.4 is 10.6 Å². The molecule has 0 saturated carbocycles. The first kappa shape index (κ1) is 16.4. The van der Waals surface area contributed by atoms with Crippen LogP contribution in [0.4, 0.5) is 9.18 Å². The summed E-state index contributed by atoms with van der Waals surface area (Å²) in [5.74, 6) is 0.129. The van der Waals surface area contributed by atoms with E-state index in [1.807, 2.05) is 19.9 Å². The van der Waals surface area contributed by atoms with Crippen LogP contribution in [0, 0.1) is 11.7 Å². The Morgan fingerprint density at radius 2 is 2.15 bits per heavy atom. The Balaban J connectivity index is 2.29. The van der Waals surface area contributed by atoms with Crippen molar-refractivity contribution < 1.29 is 14.3 Å². The summed E-state index contributed by atoms with van der Waals surface area (Å²) in [6.45, 7) is 4.42. The summed E-state index contributed by atoms with van der Waals surface area (Å²) in [5.41, 5.74) is 0.839. The summed E-state index contributed by atoms with van der Waals surface area (Å²) >= 11 is 0. The van der Waals surface area contributed by atoms with Crippen LogP contribution in [0.3, 0.4) is 0 Å². The molecule has 1 rings (SSSR count). The van der Waals surface area contributed by atoms with Gasteiger partial charge in [0.2, 0.25) is 0 Å². The molecule has 112 valence electrons. The molecule has 1 aromatic rings. The van der Waals surface area contributed by atoms with E-state index in [-0.39, 0.29) is 24.5 Å². The molecule has 1 unspecified atom stereocenters. The molecule has 0 fully saturated rings. The molecule has 0 heterocycles. The van der Waals surface area contributed by atoms with Crippen molar-refractivity contribution in [2.45, 2.75) is 32.7 Å². The van der Waals surface area contributed by atoms with Crippen molar-refractivity contribution in [2.75, 3.05) is 13.2 Å². The van der Waals surface area contributed by atoms with Gasteiger partial charge in [-0.25, -0.2) is 9.18 Å². The Labute approximate surface area is 119 Å². The average Bonchev–Trinajstić information content (AvgIpc) is 2.37. The van der Waals surface area contributed by atoms with Crippen molar-refractivity contribution in [1.82, 2.24) is 10.6 Å². The minimum Gasteiger partial charge on any atom is -0.394 e. The number of aliphatic hydroxyl groups is 1. The molecule has 0 aliphatic heterocycles. The normalized spacial score (nSPS) is 12.2. The molecule has 0 radical (unpaired) electrons. The number of halogens is 1. The van der Waals surface area contributed by atoms with Gasteiger partial charge in [0.15, 0.2) is 0 Å². The van der Waals surface area contributed by atoms with Gasteiger partial charge in [-0.1, -0.05) is 26.0 Å². The number of hydrogen-bond donors (Lipinski definition) is 3. The molecule has 4 nitrogen and oxygen atoms in total. The second kappa shape index (κ2) is 8.53. The quantitative estimate of drug-likeness (QED) is 0.717. The van der Waals surface area contributed by atoms with Gasteiger partial charge in [0, 0.05) is 6.54 Å². The second-order valence-corrected chi connectivity index (χ2v) is 5.29. The van der Waals surface area contributed by atoms with Crippen LogP contribution in [0.1, 0.15) is 25.8 Å². The largest absolute Gasteiger partial charge is 0.394 e. The first-order valence-electron chi connectivity index (χ1n) is 6.91. The van der Waals surface area contributed by atoms with Gasteiger partial charge in [-0.05, 0) is 36.5 Å². The predicted octanol–water partition coefficient (Wildman–Crippen LogP) is 2.07. The van der Waals surface area contributed by atoms with Crippen molar-refractivity contribution in [3.8, 4) is 0 Å². The maximum absolute atomic E-state index is 13.0. The lowest BCUT2D eigenvalue weighted by atomic mass is 10.0. The van der Waals surface area contributed by atoms with E-state index in [0.717, 1.165) is 12.0 Å². The Morgan fingerprint density at radius 3 is 2.75 bits per heavy atom. The highest BCUT2D eigenvalue weighted by Gasteiger charge is 2.12. The lowest BCUT2D eigenvalue weighted by Crippen LogP contribution is -2.44. The molecule has 0 aromatic heterocycles. The van der Waals surface area contributed by atoms with E-state index in [9.17, 15) is 14.3 Å². The summed E-state index contributed by atoms with van der Waals surface area (Å²) in [5, 5.41) is 14.6. The number of hydrogen-bond acceptors (Lipinski definition) is 2. The highest BCUT2D eigenvalue weighted by molar-refractivity contribution is 5.74. The third-order valence-corrected chi connectivity index (χ3v) is 2.90. The maximum atomic E-state index is 13.0. The SMILES string of the molecule is CC(C)CC(CO)NC(=O)NCCc1cccc(F)c1. The third-order valence-electron chi connectivity index (χ3n) is 2.90. The van der Waals surface area contributed by atoms with Gasteiger partial charge in [-0.3, -0.25) is 0 Å². The minimum absolute atomic E-state index is 0.0739. The smallest absolute Gasteiger partial charge is 0.315 e. The molecule has 0 bridgehead atoms. The number of nitrogens with one attached hydrogen (secondary N) is 2. The molecule has 1 aromatic carbocycles. The topological polar surface area (TPSA) is 61.4 Å². The molecule has 1 atom stereocenters. The Morgan fingerprint density at radius 1 is 1.40 bits per heavy atom. The van der Waals surface area contributed by atoms with Crippen molar-refractivity contribution in [1.29, 1.82) is 0 Å². The van der Waals surface area contributed by atoms with Crippen molar-refractivity contribution in [3.05, 3.63) is 35.6 Å². The fourth-order valence-electron chi connectivity index (χ4n) is 2.00. The number of carbonyl (C=O) groups is 1. The fourth-order valence-corrected chi connectivity index (χ4v) is 2.00. The molecule has 2 amide bonds. The van der Waals surface area contributed by atoms with Gasteiger partial charge < -0.3 is 15.7 Å². The number of aliphatic hydroxyl groups excluding tert-OH is 1. The van der Waals surface area contributed by atoms with E-state index >= 15 is 0 Å². The van der Waals surface area contributed by atoms with Gasteiger partial charge in [0.1, 0.15) is 5.82 Å². The van der Waals surface area contributed by atoms with Crippen molar-refractivity contribution >= 4 is 6.03 Å². The zero-order valence-corrected chi connectivity index (χ0v) is 12.0. The number of amides is 2. The third kappa shape index (κ3) is 6.52. The highest BCUT2D eigenvalue weighted by atomic mass is 19.1. The van der Waals surface area contributed by atoms with Crippen LogP contribution in [0.15, 0.2) is 24.3 Å². The van der Waals surface area contributed by atoms with Crippen LogP contribution in [-0.2, 0) is 6.42 Å². The van der Waals surface area contributed by atoms with Gasteiger partial charge in [0.25, 0.3) is 0 Å².